The Balaban J connectivity index is 1.42. The van der Waals surface area contributed by atoms with Crippen molar-refractivity contribution in [3.63, 3.8) is 0 Å². The summed E-state index contributed by atoms with van der Waals surface area (Å²) in [4.78, 5) is 42.1. The van der Waals surface area contributed by atoms with E-state index in [-0.39, 0.29) is 54.9 Å². The van der Waals surface area contributed by atoms with Gasteiger partial charge in [-0.2, -0.15) is 0 Å². The number of pyridine rings is 1. The van der Waals surface area contributed by atoms with Crippen molar-refractivity contribution in [1.82, 2.24) is 10.3 Å². The molecule has 264 valence electrons. The largest absolute Gasteiger partial charge is 0.507 e. The lowest BCUT2D eigenvalue weighted by atomic mass is 9.92. The Hall–Kier alpha value is -5.46. The number of carbonyl (C=O) groups excluding carboxylic acids is 3. The number of carbonyl (C=O) groups is 3. The van der Waals surface area contributed by atoms with Gasteiger partial charge in [-0.3, -0.25) is 9.78 Å². The molecule has 0 fully saturated rings. The Morgan fingerprint density at radius 2 is 1.44 bits per heavy atom. The highest BCUT2D eigenvalue weighted by molar-refractivity contribution is 6.07. The van der Waals surface area contributed by atoms with E-state index < -0.39 is 23.9 Å². The van der Waals surface area contributed by atoms with Gasteiger partial charge in [-0.25, -0.2) is 9.59 Å². The van der Waals surface area contributed by atoms with E-state index in [1.54, 1.807) is 58.0 Å². The van der Waals surface area contributed by atoms with Gasteiger partial charge in [0.15, 0.2) is 0 Å². The van der Waals surface area contributed by atoms with Crippen molar-refractivity contribution in [3.05, 3.63) is 106 Å². The zero-order valence-corrected chi connectivity index (χ0v) is 28.6. The molecule has 12 nitrogen and oxygen atoms in total. The predicted octanol–water partition coefficient (Wildman–Crippen LogP) is 4.54. The van der Waals surface area contributed by atoms with E-state index in [2.05, 4.69) is 10.3 Å². The Bertz CT molecular complexity index is 1740. The number of hydrogen-bond donors (Lipinski definition) is 4. The van der Waals surface area contributed by atoms with E-state index >= 15 is 0 Å². The van der Waals surface area contributed by atoms with Crippen LogP contribution in [0.25, 0.3) is 11.1 Å². The van der Waals surface area contributed by atoms with Crippen LogP contribution < -0.4 is 20.5 Å². The number of primary amides is 1. The molecule has 0 spiro atoms. The summed E-state index contributed by atoms with van der Waals surface area (Å²) in [5, 5.41) is 23.9. The number of ether oxygens (including phenoxy) is 4. The van der Waals surface area contributed by atoms with Gasteiger partial charge in [0, 0.05) is 25.1 Å². The summed E-state index contributed by atoms with van der Waals surface area (Å²) in [6.07, 6.45) is -0.729. The Morgan fingerprint density at radius 1 is 0.840 bits per heavy atom. The number of nitrogens with two attached hydrogens (primary N) is 1. The number of esters is 2. The van der Waals surface area contributed by atoms with Gasteiger partial charge in [0.1, 0.15) is 36.1 Å². The molecule has 5 N–H and O–H groups in total. The van der Waals surface area contributed by atoms with Crippen LogP contribution in [0.1, 0.15) is 61.9 Å². The van der Waals surface area contributed by atoms with Crippen LogP contribution in [0.4, 0.5) is 0 Å². The van der Waals surface area contributed by atoms with Gasteiger partial charge in [-0.1, -0.05) is 42.5 Å². The van der Waals surface area contributed by atoms with Gasteiger partial charge < -0.3 is 40.2 Å². The number of aromatic hydroxyl groups is 1. The van der Waals surface area contributed by atoms with Gasteiger partial charge in [0.25, 0.3) is 5.91 Å². The summed E-state index contributed by atoms with van der Waals surface area (Å²) in [7, 11) is 0. The number of nitrogens with zero attached hydrogens (tertiary/aromatic N) is 1. The van der Waals surface area contributed by atoms with E-state index in [1.807, 2.05) is 30.3 Å². The molecule has 0 aliphatic heterocycles. The second-order valence-electron chi connectivity index (χ2n) is 11.5. The molecule has 1 aromatic heterocycles. The number of aliphatic hydroxyl groups is 1. The summed E-state index contributed by atoms with van der Waals surface area (Å²) in [6, 6.07) is 20.8. The lowest BCUT2D eigenvalue weighted by Crippen LogP contribution is -2.38. The molecule has 0 saturated heterocycles. The van der Waals surface area contributed by atoms with Crippen LogP contribution in [-0.4, -0.2) is 78.2 Å². The normalized spacial score (nSPS) is 12.1. The second-order valence-corrected chi connectivity index (χ2v) is 11.5. The average Bonchev–Trinajstić information content (AvgIpc) is 3.08. The highest BCUT2D eigenvalue weighted by atomic mass is 16.5. The van der Waals surface area contributed by atoms with E-state index in [4.69, 9.17) is 24.7 Å². The maximum atomic E-state index is 13.0. The minimum Gasteiger partial charge on any atom is -0.507 e. The summed E-state index contributed by atoms with van der Waals surface area (Å²) in [6.45, 7) is 7.61. The quantitative estimate of drug-likeness (QED) is 0.115. The topological polar surface area (TPSA) is 180 Å². The highest BCUT2D eigenvalue weighted by Crippen LogP contribution is 2.34. The molecule has 0 saturated carbocycles. The third-order valence-electron chi connectivity index (χ3n) is 7.70. The summed E-state index contributed by atoms with van der Waals surface area (Å²) in [5.74, 6) is -1.35. The predicted molar refractivity (Wildman–Crippen MR) is 187 cm³/mol. The molecule has 50 heavy (non-hydrogen) atoms. The number of aryl methyl sites for hydroxylation is 2. The summed E-state index contributed by atoms with van der Waals surface area (Å²) < 4.78 is 22.6. The molecule has 4 rings (SSSR count). The number of hydrogen-bond acceptors (Lipinski definition) is 11. The molecular formula is C38H43N3O9. The summed E-state index contributed by atoms with van der Waals surface area (Å²) in [5.41, 5.74) is 8.52. The van der Waals surface area contributed by atoms with Gasteiger partial charge in [-0.15, -0.1) is 0 Å². The number of benzene rings is 3. The van der Waals surface area contributed by atoms with Crippen LogP contribution in [0.3, 0.4) is 0 Å². The van der Waals surface area contributed by atoms with E-state index in [9.17, 15) is 24.6 Å². The molecule has 0 aliphatic rings. The molecule has 0 radical (unpaired) electrons. The fourth-order valence-corrected chi connectivity index (χ4v) is 5.44. The number of rotatable bonds is 17. The van der Waals surface area contributed by atoms with Gasteiger partial charge in [0.05, 0.1) is 41.3 Å². The van der Waals surface area contributed by atoms with E-state index in [0.29, 0.717) is 47.0 Å². The second kappa shape index (κ2) is 17.8. The number of amides is 1. The van der Waals surface area contributed by atoms with Crippen LogP contribution >= 0.6 is 0 Å². The number of aliphatic hydroxyl groups excluding tert-OH is 1. The minimum atomic E-state index is -0.876. The first-order valence-corrected chi connectivity index (χ1v) is 16.3. The Labute approximate surface area is 291 Å². The number of phenols is 1. The first kappa shape index (κ1) is 37.4. The lowest BCUT2D eigenvalue weighted by Gasteiger charge is -2.22. The third-order valence-corrected chi connectivity index (χ3v) is 7.70. The first-order valence-electron chi connectivity index (χ1n) is 16.3. The number of aromatic nitrogens is 1. The standard InChI is InChI=1S/C38H43N3O9/c1-5-47-37(45)33-23(3)41-24(4)34(38(46)48-6-2)35(33)26-12-14-28(15-13-26)49-22-27(42)20-40-21-30(18-25-10-8-7-9-11-25)50-29-16-17-32(43)31(19-29)36(39)44/h7-17,19,27,30,40,42-43H,5-6,18,20-22H2,1-4H3,(H2,39,44). The summed E-state index contributed by atoms with van der Waals surface area (Å²) >= 11 is 0. The maximum Gasteiger partial charge on any atom is 0.340 e. The SMILES string of the molecule is CCOC(=O)c1c(C)nc(C)c(C(=O)OCC)c1-c1ccc(OCC(O)CNCC(Cc2ccccc2)Oc2ccc(O)c(C(N)=O)c2)cc1. The van der Waals surface area contributed by atoms with Gasteiger partial charge >= 0.3 is 11.9 Å². The van der Waals surface area contributed by atoms with Gasteiger partial charge in [-0.05, 0) is 69.2 Å². The van der Waals surface area contributed by atoms with E-state index in [0.717, 1.165) is 5.56 Å². The fraction of sp³-hybridized carbons (Fsp3) is 0.316. The molecule has 1 amide bonds. The van der Waals surface area contributed by atoms with Crippen LogP contribution in [0.15, 0.2) is 72.8 Å². The fourth-order valence-electron chi connectivity index (χ4n) is 5.44. The molecule has 0 aliphatic carbocycles. The third kappa shape index (κ3) is 9.80. The maximum absolute atomic E-state index is 13.0. The van der Waals surface area contributed by atoms with Crippen molar-refractivity contribution in [3.8, 4) is 28.4 Å². The van der Waals surface area contributed by atoms with Gasteiger partial charge in [0.2, 0.25) is 0 Å². The van der Waals surface area contributed by atoms with Crippen molar-refractivity contribution in [2.24, 2.45) is 5.73 Å². The van der Waals surface area contributed by atoms with Crippen LogP contribution in [0.2, 0.25) is 0 Å². The minimum absolute atomic E-state index is 0.0217. The Kier molecular flexibility index (Phi) is 13.3. The average molecular weight is 686 g/mol. The molecular weight excluding hydrogens is 642 g/mol. The zero-order chi connectivity index (χ0) is 36.2. The lowest BCUT2D eigenvalue weighted by molar-refractivity contribution is 0.0524. The van der Waals surface area contributed by atoms with Crippen molar-refractivity contribution in [2.75, 3.05) is 32.9 Å². The van der Waals surface area contributed by atoms with Crippen LogP contribution in [0, 0.1) is 13.8 Å². The van der Waals surface area contributed by atoms with Crippen molar-refractivity contribution < 1.29 is 43.5 Å². The van der Waals surface area contributed by atoms with Crippen molar-refractivity contribution >= 4 is 17.8 Å². The number of nitrogens with one attached hydrogen (secondary N) is 1. The molecule has 2 unspecified atom stereocenters. The van der Waals surface area contributed by atoms with Crippen molar-refractivity contribution in [1.29, 1.82) is 0 Å². The van der Waals surface area contributed by atoms with E-state index in [1.165, 1.54) is 12.1 Å². The molecule has 2 atom stereocenters. The molecule has 12 heteroatoms. The smallest absolute Gasteiger partial charge is 0.340 e. The molecule has 0 bridgehead atoms. The van der Waals surface area contributed by atoms with Crippen LogP contribution in [0.5, 0.6) is 17.2 Å². The van der Waals surface area contributed by atoms with Crippen molar-refractivity contribution in [2.45, 2.75) is 46.3 Å². The Morgan fingerprint density at radius 3 is 2.02 bits per heavy atom. The highest BCUT2D eigenvalue weighted by Gasteiger charge is 2.28. The molecule has 3 aromatic carbocycles. The molecule has 1 heterocycles. The molecule has 4 aromatic rings. The van der Waals surface area contributed by atoms with Crippen LogP contribution in [-0.2, 0) is 15.9 Å². The first-order chi connectivity index (χ1) is 24.0. The monoisotopic (exact) mass is 685 g/mol. The zero-order valence-electron chi connectivity index (χ0n) is 28.6.